The zero-order valence-corrected chi connectivity index (χ0v) is 13.9. The van der Waals surface area contributed by atoms with Crippen molar-refractivity contribution in [1.29, 1.82) is 0 Å². The van der Waals surface area contributed by atoms with Gasteiger partial charge in [0.1, 0.15) is 11.5 Å². The largest absolute Gasteiger partial charge is 0.346 e. The van der Waals surface area contributed by atoms with Gasteiger partial charge in [0.25, 0.3) is 5.91 Å². The molecule has 1 saturated heterocycles. The Morgan fingerprint density at radius 1 is 1.39 bits per heavy atom. The van der Waals surface area contributed by atoms with Gasteiger partial charge >= 0.3 is 0 Å². The van der Waals surface area contributed by atoms with Crippen LogP contribution in [0.4, 0.5) is 5.13 Å². The molecule has 1 atom stereocenters. The SMILES string of the molecule is Cn1cnc(C(=O)NC2CCCN(c3nc(C4CC4)ns3)C2)c1. The lowest BCUT2D eigenvalue weighted by atomic mass is 10.1. The number of piperidine rings is 1. The summed E-state index contributed by atoms with van der Waals surface area (Å²) in [6, 6.07) is 0.131. The summed E-state index contributed by atoms with van der Waals surface area (Å²) in [5.74, 6) is 1.49. The summed E-state index contributed by atoms with van der Waals surface area (Å²) in [6.45, 7) is 1.77. The molecule has 122 valence electrons. The first-order valence-corrected chi connectivity index (χ1v) is 8.84. The quantitative estimate of drug-likeness (QED) is 0.919. The molecule has 23 heavy (non-hydrogen) atoms. The van der Waals surface area contributed by atoms with E-state index in [1.54, 1.807) is 17.1 Å². The van der Waals surface area contributed by atoms with Crippen LogP contribution in [0.25, 0.3) is 0 Å². The molecule has 1 N–H and O–H groups in total. The van der Waals surface area contributed by atoms with Gasteiger partial charge < -0.3 is 14.8 Å². The van der Waals surface area contributed by atoms with E-state index in [4.69, 9.17) is 0 Å². The molecule has 1 amide bonds. The molecular formula is C15H20N6OS. The minimum atomic E-state index is -0.103. The fraction of sp³-hybridized carbons (Fsp3) is 0.600. The van der Waals surface area contributed by atoms with E-state index < -0.39 is 0 Å². The third-order valence-electron chi connectivity index (χ3n) is 4.34. The lowest BCUT2D eigenvalue weighted by molar-refractivity contribution is 0.0928. The Morgan fingerprint density at radius 3 is 3.00 bits per heavy atom. The van der Waals surface area contributed by atoms with Gasteiger partial charge in [-0.25, -0.2) is 9.97 Å². The summed E-state index contributed by atoms with van der Waals surface area (Å²) in [5.41, 5.74) is 0.469. The van der Waals surface area contributed by atoms with Crippen LogP contribution in [0.15, 0.2) is 12.5 Å². The fourth-order valence-electron chi connectivity index (χ4n) is 2.92. The summed E-state index contributed by atoms with van der Waals surface area (Å²) in [5, 5.41) is 4.08. The van der Waals surface area contributed by atoms with Gasteiger partial charge in [-0.1, -0.05) is 0 Å². The highest BCUT2D eigenvalue weighted by molar-refractivity contribution is 7.09. The van der Waals surface area contributed by atoms with E-state index >= 15 is 0 Å². The number of anilines is 1. The van der Waals surface area contributed by atoms with Crippen LogP contribution in [0.2, 0.25) is 0 Å². The number of aryl methyl sites for hydroxylation is 1. The summed E-state index contributed by atoms with van der Waals surface area (Å²) in [7, 11) is 1.86. The second-order valence-corrected chi connectivity index (χ2v) is 7.12. The molecule has 2 fully saturated rings. The van der Waals surface area contributed by atoms with Gasteiger partial charge in [0, 0.05) is 49.8 Å². The summed E-state index contributed by atoms with van der Waals surface area (Å²) in [6.07, 6.45) is 7.86. The van der Waals surface area contributed by atoms with Crippen molar-refractivity contribution in [3.63, 3.8) is 0 Å². The molecule has 2 aromatic heterocycles. The van der Waals surface area contributed by atoms with Crippen LogP contribution in [-0.2, 0) is 7.05 Å². The van der Waals surface area contributed by atoms with E-state index in [1.807, 2.05) is 7.05 Å². The highest BCUT2D eigenvalue weighted by atomic mass is 32.1. The van der Waals surface area contributed by atoms with Crippen molar-refractivity contribution < 1.29 is 4.79 Å². The maximum absolute atomic E-state index is 12.2. The molecule has 2 aliphatic rings. The molecule has 1 aliphatic heterocycles. The third kappa shape index (κ3) is 3.21. The average Bonchev–Trinajstić information content (AvgIpc) is 3.11. The summed E-state index contributed by atoms with van der Waals surface area (Å²) in [4.78, 5) is 23.3. The Bertz CT molecular complexity index is 706. The Hall–Kier alpha value is -1.96. The maximum atomic E-state index is 12.2. The minimum Gasteiger partial charge on any atom is -0.346 e. The zero-order valence-electron chi connectivity index (χ0n) is 13.1. The number of nitrogens with one attached hydrogen (secondary N) is 1. The lowest BCUT2D eigenvalue weighted by Gasteiger charge is -2.32. The first kappa shape index (κ1) is 14.6. The normalized spacial score (nSPS) is 21.4. The van der Waals surface area contributed by atoms with Gasteiger partial charge in [-0.15, -0.1) is 0 Å². The van der Waals surface area contributed by atoms with Crippen LogP contribution in [0.5, 0.6) is 0 Å². The number of aromatic nitrogens is 4. The molecule has 8 heteroatoms. The molecule has 7 nitrogen and oxygen atoms in total. The molecule has 0 bridgehead atoms. The number of carbonyl (C=O) groups excluding carboxylic acids is 1. The third-order valence-corrected chi connectivity index (χ3v) is 5.13. The number of rotatable bonds is 4. The van der Waals surface area contributed by atoms with E-state index in [0.717, 1.165) is 36.9 Å². The van der Waals surface area contributed by atoms with E-state index in [0.29, 0.717) is 11.6 Å². The minimum absolute atomic E-state index is 0.103. The second-order valence-electron chi connectivity index (χ2n) is 6.39. The van der Waals surface area contributed by atoms with Crippen molar-refractivity contribution in [2.24, 2.45) is 7.05 Å². The number of hydrogen-bond acceptors (Lipinski definition) is 6. The molecule has 1 saturated carbocycles. The van der Waals surface area contributed by atoms with Gasteiger partial charge in [-0.3, -0.25) is 4.79 Å². The Kier molecular flexibility index (Phi) is 3.76. The lowest BCUT2D eigenvalue weighted by Crippen LogP contribution is -2.47. The first-order valence-electron chi connectivity index (χ1n) is 8.06. The molecule has 0 radical (unpaired) electrons. The molecule has 2 aromatic rings. The van der Waals surface area contributed by atoms with Crippen LogP contribution < -0.4 is 10.2 Å². The molecule has 0 spiro atoms. The Balaban J connectivity index is 1.39. The average molecular weight is 332 g/mol. The van der Waals surface area contributed by atoms with Crippen molar-refractivity contribution >= 4 is 22.6 Å². The smallest absolute Gasteiger partial charge is 0.271 e. The van der Waals surface area contributed by atoms with E-state index in [-0.39, 0.29) is 11.9 Å². The van der Waals surface area contributed by atoms with Crippen LogP contribution in [-0.4, -0.2) is 43.9 Å². The molecular weight excluding hydrogens is 312 g/mol. The molecule has 0 aromatic carbocycles. The van der Waals surface area contributed by atoms with Gasteiger partial charge in [0.05, 0.1) is 6.33 Å². The van der Waals surface area contributed by atoms with Gasteiger partial charge in [0.15, 0.2) is 0 Å². The number of amides is 1. The topological polar surface area (TPSA) is 75.9 Å². The van der Waals surface area contributed by atoms with Crippen LogP contribution >= 0.6 is 11.5 Å². The van der Waals surface area contributed by atoms with Gasteiger partial charge in [0.2, 0.25) is 5.13 Å². The van der Waals surface area contributed by atoms with Crippen molar-refractivity contribution in [3.8, 4) is 0 Å². The molecule has 4 rings (SSSR count). The molecule has 3 heterocycles. The number of carbonyl (C=O) groups is 1. The summed E-state index contributed by atoms with van der Waals surface area (Å²) >= 11 is 1.48. The zero-order chi connectivity index (χ0) is 15.8. The predicted molar refractivity (Wildman–Crippen MR) is 87.8 cm³/mol. The Labute approximate surface area is 138 Å². The van der Waals surface area contributed by atoms with Gasteiger partial charge in [-0.2, -0.15) is 4.37 Å². The van der Waals surface area contributed by atoms with Crippen LogP contribution in [0, 0.1) is 0 Å². The standard InChI is InChI=1S/C15H20N6OS/c1-20-8-12(16-9-20)14(22)17-11-3-2-6-21(7-11)15-18-13(19-23-15)10-4-5-10/h8-11H,2-7H2,1H3,(H,17,22). The van der Waals surface area contributed by atoms with Crippen LogP contribution in [0.3, 0.4) is 0 Å². The van der Waals surface area contributed by atoms with E-state index in [9.17, 15) is 4.79 Å². The predicted octanol–water partition coefficient (Wildman–Crippen LogP) is 1.55. The van der Waals surface area contributed by atoms with Crippen molar-refractivity contribution in [2.75, 3.05) is 18.0 Å². The summed E-state index contributed by atoms with van der Waals surface area (Å²) < 4.78 is 6.26. The Morgan fingerprint density at radius 2 is 2.26 bits per heavy atom. The number of hydrogen-bond donors (Lipinski definition) is 1. The highest BCUT2D eigenvalue weighted by Crippen LogP contribution is 2.39. The number of nitrogens with zero attached hydrogens (tertiary/aromatic N) is 5. The van der Waals surface area contributed by atoms with Crippen molar-refractivity contribution in [2.45, 2.75) is 37.6 Å². The molecule has 1 aliphatic carbocycles. The van der Waals surface area contributed by atoms with Crippen molar-refractivity contribution in [1.82, 2.24) is 24.2 Å². The first-order chi connectivity index (χ1) is 11.2. The van der Waals surface area contributed by atoms with Crippen LogP contribution in [0.1, 0.15) is 47.9 Å². The number of imidazole rings is 1. The molecule has 1 unspecified atom stereocenters. The maximum Gasteiger partial charge on any atom is 0.271 e. The van der Waals surface area contributed by atoms with E-state index in [1.165, 1.54) is 24.4 Å². The fourth-order valence-corrected chi connectivity index (χ4v) is 3.70. The van der Waals surface area contributed by atoms with E-state index in [2.05, 4.69) is 24.6 Å². The second kappa shape index (κ2) is 5.92. The monoisotopic (exact) mass is 332 g/mol. The van der Waals surface area contributed by atoms with Crippen molar-refractivity contribution in [3.05, 3.63) is 24.0 Å². The van der Waals surface area contributed by atoms with Gasteiger partial charge in [-0.05, 0) is 25.7 Å². The highest BCUT2D eigenvalue weighted by Gasteiger charge is 2.30.